The number of nitrogens with zero attached hydrogens (tertiary/aromatic N) is 5. The van der Waals surface area contributed by atoms with Gasteiger partial charge in [-0.1, -0.05) is 18.2 Å². The van der Waals surface area contributed by atoms with Gasteiger partial charge in [-0.15, -0.1) is 0 Å². The van der Waals surface area contributed by atoms with E-state index in [0.29, 0.717) is 29.7 Å². The molecule has 0 unspecified atom stereocenters. The van der Waals surface area contributed by atoms with Gasteiger partial charge in [-0.3, -0.25) is 14.2 Å². The molecule has 0 saturated carbocycles. The third kappa shape index (κ3) is 3.74. The van der Waals surface area contributed by atoms with Crippen LogP contribution in [0.3, 0.4) is 0 Å². The number of pyridine rings is 1. The number of aromatic nitrogens is 5. The summed E-state index contributed by atoms with van der Waals surface area (Å²) in [5, 5.41) is 3.90. The summed E-state index contributed by atoms with van der Waals surface area (Å²) < 4.78 is 4.02. The van der Waals surface area contributed by atoms with E-state index in [0.717, 1.165) is 50.3 Å². The fraction of sp³-hybridized carbons (Fsp3) is 0.100. The number of para-hydroxylation sites is 1. The Morgan fingerprint density at radius 2 is 1.85 bits per heavy atom. The Morgan fingerprint density at radius 1 is 0.974 bits per heavy atom. The minimum atomic E-state index is -0.509. The van der Waals surface area contributed by atoms with Crippen molar-refractivity contribution >= 4 is 39.4 Å². The predicted octanol–water partition coefficient (Wildman–Crippen LogP) is 4.62. The molecule has 0 aliphatic carbocycles. The van der Waals surface area contributed by atoms with Gasteiger partial charge in [0.1, 0.15) is 5.82 Å². The van der Waals surface area contributed by atoms with E-state index >= 15 is 0 Å². The van der Waals surface area contributed by atoms with Crippen LogP contribution in [0.2, 0.25) is 0 Å². The lowest BCUT2D eigenvalue weighted by atomic mass is 10.0. The number of nitrogens with two attached hydrogens (primary N) is 1. The SMILES string of the molecule is Cn1cncc1-c1cc(-c2nc3cc(C(N)=O)ccc3n2-c2ccc3c(c2)CCC(=O)N3)c2ccccc2n1. The highest BCUT2D eigenvalue weighted by molar-refractivity contribution is 6.00. The van der Waals surface area contributed by atoms with Crippen LogP contribution >= 0.6 is 0 Å². The van der Waals surface area contributed by atoms with Crippen molar-refractivity contribution in [1.29, 1.82) is 0 Å². The van der Waals surface area contributed by atoms with E-state index in [1.54, 1.807) is 24.7 Å². The van der Waals surface area contributed by atoms with Gasteiger partial charge < -0.3 is 15.6 Å². The Hall–Kier alpha value is -5.31. The smallest absolute Gasteiger partial charge is 0.248 e. The first-order valence-corrected chi connectivity index (χ1v) is 12.6. The van der Waals surface area contributed by atoms with Crippen molar-refractivity contribution in [2.24, 2.45) is 12.8 Å². The maximum atomic E-state index is 12.0. The minimum absolute atomic E-state index is 0.0222. The third-order valence-corrected chi connectivity index (χ3v) is 7.22. The first-order valence-electron chi connectivity index (χ1n) is 12.6. The second kappa shape index (κ2) is 8.63. The minimum Gasteiger partial charge on any atom is -0.366 e. The van der Waals surface area contributed by atoms with Crippen molar-refractivity contribution < 1.29 is 9.59 Å². The van der Waals surface area contributed by atoms with Crippen LogP contribution in [0, 0.1) is 0 Å². The van der Waals surface area contributed by atoms with Gasteiger partial charge in [0.2, 0.25) is 11.8 Å². The number of imidazole rings is 2. The quantitative estimate of drug-likeness (QED) is 0.356. The number of carbonyl (C=O) groups is 2. The second-order valence-corrected chi connectivity index (χ2v) is 9.69. The normalized spacial score (nSPS) is 13.0. The lowest BCUT2D eigenvalue weighted by Crippen LogP contribution is -2.19. The summed E-state index contributed by atoms with van der Waals surface area (Å²) in [5.41, 5.74) is 13.6. The first-order chi connectivity index (χ1) is 19.0. The fourth-order valence-corrected chi connectivity index (χ4v) is 5.28. The van der Waals surface area contributed by atoms with Gasteiger partial charge >= 0.3 is 0 Å². The molecule has 0 spiro atoms. The van der Waals surface area contributed by atoms with Crippen molar-refractivity contribution in [2.45, 2.75) is 12.8 Å². The zero-order valence-corrected chi connectivity index (χ0v) is 21.0. The van der Waals surface area contributed by atoms with E-state index in [-0.39, 0.29) is 5.91 Å². The maximum absolute atomic E-state index is 12.0. The van der Waals surface area contributed by atoms with E-state index < -0.39 is 5.91 Å². The number of amides is 2. The zero-order chi connectivity index (χ0) is 26.7. The number of benzene rings is 3. The zero-order valence-electron chi connectivity index (χ0n) is 21.0. The highest BCUT2D eigenvalue weighted by Gasteiger charge is 2.22. The van der Waals surface area contributed by atoms with Gasteiger partial charge in [0.05, 0.1) is 40.5 Å². The highest BCUT2D eigenvalue weighted by atomic mass is 16.2. The average Bonchev–Trinajstić information content (AvgIpc) is 3.55. The van der Waals surface area contributed by atoms with Gasteiger partial charge in [-0.25, -0.2) is 15.0 Å². The molecule has 3 N–H and O–H groups in total. The van der Waals surface area contributed by atoms with E-state index in [1.807, 2.05) is 60.1 Å². The number of carbonyl (C=O) groups excluding carboxylic acids is 2. The lowest BCUT2D eigenvalue weighted by molar-refractivity contribution is -0.116. The van der Waals surface area contributed by atoms with Crippen LogP contribution in [0.5, 0.6) is 0 Å². The molecule has 3 aromatic heterocycles. The van der Waals surface area contributed by atoms with E-state index in [1.165, 1.54) is 0 Å². The van der Waals surface area contributed by atoms with Crippen molar-refractivity contribution in [3.8, 4) is 28.5 Å². The molecule has 7 rings (SSSR count). The van der Waals surface area contributed by atoms with Crippen LogP contribution in [0.1, 0.15) is 22.3 Å². The molecule has 1 aliphatic rings. The largest absolute Gasteiger partial charge is 0.366 e. The highest BCUT2D eigenvalue weighted by Crippen LogP contribution is 2.36. The summed E-state index contributed by atoms with van der Waals surface area (Å²) in [6.07, 6.45) is 4.64. The molecule has 4 heterocycles. The van der Waals surface area contributed by atoms with Crippen molar-refractivity contribution in [3.63, 3.8) is 0 Å². The Bertz CT molecular complexity index is 1970. The number of fused-ring (bicyclic) bond motifs is 3. The molecule has 39 heavy (non-hydrogen) atoms. The lowest BCUT2D eigenvalue weighted by Gasteiger charge is -2.19. The maximum Gasteiger partial charge on any atom is 0.248 e. The van der Waals surface area contributed by atoms with E-state index in [2.05, 4.69) is 20.9 Å². The molecule has 190 valence electrons. The summed E-state index contributed by atoms with van der Waals surface area (Å²) in [5.74, 6) is 0.216. The Morgan fingerprint density at radius 3 is 2.67 bits per heavy atom. The number of anilines is 1. The summed E-state index contributed by atoms with van der Waals surface area (Å²) >= 11 is 0. The van der Waals surface area contributed by atoms with Gasteiger partial charge in [-0.05, 0) is 60.5 Å². The second-order valence-electron chi connectivity index (χ2n) is 9.69. The van der Waals surface area contributed by atoms with Crippen LogP contribution in [0.4, 0.5) is 5.69 Å². The van der Waals surface area contributed by atoms with Crippen LogP contribution in [0.15, 0.2) is 79.3 Å². The van der Waals surface area contributed by atoms with Crippen molar-refractivity contribution in [1.82, 2.24) is 24.1 Å². The average molecular weight is 514 g/mol. The van der Waals surface area contributed by atoms with Crippen LogP contribution in [-0.2, 0) is 18.3 Å². The number of nitrogens with one attached hydrogen (secondary N) is 1. The molecule has 0 bridgehead atoms. The van der Waals surface area contributed by atoms with E-state index in [9.17, 15) is 9.59 Å². The molecule has 1 aliphatic heterocycles. The number of hydrogen-bond donors (Lipinski definition) is 2. The summed E-state index contributed by atoms with van der Waals surface area (Å²) in [6, 6.07) is 21.3. The molecule has 2 amide bonds. The topological polar surface area (TPSA) is 121 Å². The van der Waals surface area contributed by atoms with Crippen LogP contribution in [0.25, 0.3) is 50.4 Å². The predicted molar refractivity (Wildman–Crippen MR) is 149 cm³/mol. The molecular formula is C30H23N7O2. The molecule has 0 saturated heterocycles. The molecular weight excluding hydrogens is 490 g/mol. The Labute approximate surface area is 222 Å². The molecule has 6 aromatic rings. The van der Waals surface area contributed by atoms with Gasteiger partial charge in [0.25, 0.3) is 0 Å². The molecule has 9 heteroatoms. The fourth-order valence-electron chi connectivity index (χ4n) is 5.28. The standard InChI is InChI=1S/C30H23N7O2/c1-36-16-32-15-27(36)25-14-21(20-4-2-3-5-23(20)33-25)30-35-24-13-18(29(31)39)6-10-26(24)37(30)19-8-9-22-17(12-19)7-11-28(38)34-22/h2-6,8-10,12-16H,7,11H2,1H3,(H2,31,39)(H,34,38). The number of primary amides is 1. The van der Waals surface area contributed by atoms with Crippen molar-refractivity contribution in [2.75, 3.05) is 5.32 Å². The van der Waals surface area contributed by atoms with Gasteiger partial charge in [-0.2, -0.15) is 0 Å². The summed E-state index contributed by atoms with van der Waals surface area (Å²) in [6.45, 7) is 0. The Kier molecular flexibility index (Phi) is 5.06. The van der Waals surface area contributed by atoms with Crippen LogP contribution < -0.4 is 11.1 Å². The molecule has 0 radical (unpaired) electrons. The number of aryl methyl sites for hydroxylation is 2. The number of rotatable bonds is 4. The van der Waals surface area contributed by atoms with Crippen molar-refractivity contribution in [3.05, 3.63) is 90.4 Å². The molecule has 3 aromatic carbocycles. The Balaban J connectivity index is 1.54. The first kappa shape index (κ1) is 22.9. The summed E-state index contributed by atoms with van der Waals surface area (Å²) in [7, 11) is 1.94. The summed E-state index contributed by atoms with van der Waals surface area (Å²) in [4.78, 5) is 38.2. The van der Waals surface area contributed by atoms with E-state index in [4.69, 9.17) is 15.7 Å². The van der Waals surface area contributed by atoms with Gasteiger partial charge in [0.15, 0.2) is 0 Å². The third-order valence-electron chi connectivity index (χ3n) is 7.22. The monoisotopic (exact) mass is 513 g/mol. The molecule has 0 atom stereocenters. The van der Waals surface area contributed by atoms with Gasteiger partial charge in [0, 0.05) is 41.4 Å². The molecule has 9 nitrogen and oxygen atoms in total. The van der Waals surface area contributed by atoms with Crippen LogP contribution in [-0.4, -0.2) is 35.9 Å². The number of hydrogen-bond acceptors (Lipinski definition) is 5. The molecule has 0 fully saturated rings.